The molecule has 3 nitrogen and oxygen atoms in total. The van der Waals surface area contributed by atoms with Crippen LogP contribution >= 0.6 is 23.7 Å². The lowest BCUT2D eigenvalue weighted by atomic mass is 10.1. The van der Waals surface area contributed by atoms with E-state index in [4.69, 9.17) is 0 Å². The Kier molecular flexibility index (Phi) is 5.63. The van der Waals surface area contributed by atoms with Gasteiger partial charge in [-0.15, -0.1) is 23.7 Å². The molecule has 2 heterocycles. The molecular weight excluding hydrogens is 278 g/mol. The van der Waals surface area contributed by atoms with E-state index in [1.165, 1.54) is 42.1 Å². The molecule has 0 spiro atoms. The lowest BCUT2D eigenvalue weighted by molar-refractivity contribution is 0.201. The van der Waals surface area contributed by atoms with Crippen molar-refractivity contribution in [3.8, 4) is 0 Å². The van der Waals surface area contributed by atoms with E-state index in [1.54, 1.807) is 0 Å². The molecule has 1 N–H and O–H groups in total. The summed E-state index contributed by atoms with van der Waals surface area (Å²) in [6, 6.07) is 0.626. The van der Waals surface area contributed by atoms with Gasteiger partial charge in [0.2, 0.25) is 0 Å². The third-order valence-electron chi connectivity index (χ3n) is 4.11. The summed E-state index contributed by atoms with van der Waals surface area (Å²) in [7, 11) is 0. The second-order valence-corrected chi connectivity index (χ2v) is 6.88. The summed E-state index contributed by atoms with van der Waals surface area (Å²) in [5.41, 5.74) is 0. The van der Waals surface area contributed by atoms with E-state index >= 15 is 0 Å². The fraction of sp³-hybridized carbons (Fsp3) is 0.786. The van der Waals surface area contributed by atoms with Crippen molar-refractivity contribution in [3.63, 3.8) is 0 Å². The number of aromatic nitrogens is 1. The number of halogens is 1. The summed E-state index contributed by atoms with van der Waals surface area (Å²) in [6.07, 6.45) is 7.63. The fourth-order valence-electron chi connectivity index (χ4n) is 3.13. The van der Waals surface area contributed by atoms with Crippen molar-refractivity contribution in [2.45, 2.75) is 51.1 Å². The molecule has 0 radical (unpaired) electrons. The minimum absolute atomic E-state index is 0. The van der Waals surface area contributed by atoms with Gasteiger partial charge in [-0.05, 0) is 19.8 Å². The summed E-state index contributed by atoms with van der Waals surface area (Å²) in [6.45, 7) is 6.81. The topological polar surface area (TPSA) is 28.2 Å². The zero-order valence-electron chi connectivity index (χ0n) is 11.6. The number of nitrogens with one attached hydrogen (secondary N) is 1. The highest BCUT2D eigenvalue weighted by molar-refractivity contribution is 7.11. The summed E-state index contributed by atoms with van der Waals surface area (Å²) in [5, 5.41) is 4.89. The SMILES string of the molecule is C[C@@H]1CN(Cc2cnc(C3CCCC3)s2)CCN1.Cl. The lowest BCUT2D eigenvalue weighted by Gasteiger charge is -2.31. The molecular formula is C14H24ClN3S. The number of rotatable bonds is 3. The van der Waals surface area contributed by atoms with Crippen molar-refractivity contribution in [1.82, 2.24) is 15.2 Å². The lowest BCUT2D eigenvalue weighted by Crippen LogP contribution is -2.48. The fourth-order valence-corrected chi connectivity index (χ4v) is 4.26. The molecule has 0 bridgehead atoms. The first-order chi connectivity index (χ1) is 8.81. The molecule has 5 heteroatoms. The van der Waals surface area contributed by atoms with E-state index in [9.17, 15) is 0 Å². The van der Waals surface area contributed by atoms with Crippen molar-refractivity contribution in [2.24, 2.45) is 0 Å². The van der Waals surface area contributed by atoms with Gasteiger partial charge in [0.05, 0.1) is 5.01 Å². The molecule has 1 aliphatic heterocycles. The molecule has 1 aromatic heterocycles. The Morgan fingerprint density at radius 1 is 1.42 bits per heavy atom. The van der Waals surface area contributed by atoms with Gasteiger partial charge in [-0.1, -0.05) is 12.8 Å². The van der Waals surface area contributed by atoms with Gasteiger partial charge in [-0.2, -0.15) is 0 Å². The standard InChI is InChI=1S/C14H23N3S.ClH/c1-11-9-17(7-6-15-11)10-13-8-16-14(18-13)12-4-2-3-5-12;/h8,11-12,15H,2-7,9-10H2,1H3;1H/t11-;/m1./s1. The van der Waals surface area contributed by atoms with Gasteiger partial charge >= 0.3 is 0 Å². The van der Waals surface area contributed by atoms with Gasteiger partial charge in [0.25, 0.3) is 0 Å². The number of hydrogen-bond acceptors (Lipinski definition) is 4. The number of nitrogens with zero attached hydrogens (tertiary/aromatic N) is 2. The van der Waals surface area contributed by atoms with E-state index in [2.05, 4.69) is 28.3 Å². The molecule has 1 saturated carbocycles. The zero-order valence-corrected chi connectivity index (χ0v) is 13.2. The van der Waals surface area contributed by atoms with Crippen molar-refractivity contribution >= 4 is 23.7 Å². The highest BCUT2D eigenvalue weighted by Crippen LogP contribution is 2.36. The van der Waals surface area contributed by atoms with Crippen LogP contribution < -0.4 is 5.32 Å². The monoisotopic (exact) mass is 301 g/mol. The molecule has 19 heavy (non-hydrogen) atoms. The van der Waals surface area contributed by atoms with Crippen molar-refractivity contribution in [2.75, 3.05) is 19.6 Å². The number of hydrogen-bond donors (Lipinski definition) is 1. The zero-order chi connectivity index (χ0) is 12.4. The van der Waals surface area contributed by atoms with Gasteiger partial charge in [-0.25, -0.2) is 4.98 Å². The third-order valence-corrected chi connectivity index (χ3v) is 5.25. The van der Waals surface area contributed by atoms with Gasteiger partial charge in [0.1, 0.15) is 0 Å². The third kappa shape index (κ3) is 3.91. The minimum Gasteiger partial charge on any atom is -0.312 e. The Balaban J connectivity index is 0.00000133. The van der Waals surface area contributed by atoms with E-state index in [-0.39, 0.29) is 12.4 Å². The second-order valence-electron chi connectivity index (χ2n) is 5.74. The Morgan fingerprint density at radius 3 is 2.95 bits per heavy atom. The van der Waals surface area contributed by atoms with Crippen molar-refractivity contribution in [3.05, 3.63) is 16.1 Å². The largest absolute Gasteiger partial charge is 0.312 e. The Bertz CT molecular complexity index is 390. The first kappa shape index (κ1) is 15.2. The second kappa shape index (κ2) is 7.02. The van der Waals surface area contributed by atoms with Crippen LogP contribution in [-0.4, -0.2) is 35.6 Å². The average molecular weight is 302 g/mol. The minimum atomic E-state index is 0. The van der Waals surface area contributed by atoms with Crippen molar-refractivity contribution in [1.29, 1.82) is 0 Å². The molecule has 1 aromatic rings. The van der Waals surface area contributed by atoms with Crippen LogP contribution in [0.2, 0.25) is 0 Å². The van der Waals surface area contributed by atoms with Crippen LogP contribution in [-0.2, 0) is 6.54 Å². The average Bonchev–Trinajstić information content (AvgIpc) is 2.98. The smallest absolute Gasteiger partial charge is 0.0959 e. The summed E-state index contributed by atoms with van der Waals surface area (Å²) in [4.78, 5) is 8.66. The molecule has 0 amide bonds. The van der Waals surface area contributed by atoms with Gasteiger partial charge in [-0.3, -0.25) is 4.90 Å². The maximum Gasteiger partial charge on any atom is 0.0959 e. The Labute approximate surface area is 126 Å². The van der Waals surface area contributed by atoms with Crippen LogP contribution in [0, 0.1) is 0 Å². The van der Waals surface area contributed by atoms with Crippen molar-refractivity contribution < 1.29 is 0 Å². The maximum absolute atomic E-state index is 4.66. The van der Waals surface area contributed by atoms with E-state index in [0.717, 1.165) is 25.6 Å². The summed E-state index contributed by atoms with van der Waals surface area (Å²) < 4.78 is 0. The number of piperazine rings is 1. The maximum atomic E-state index is 4.66. The molecule has 108 valence electrons. The summed E-state index contributed by atoms with van der Waals surface area (Å²) >= 11 is 1.95. The summed E-state index contributed by atoms with van der Waals surface area (Å²) in [5.74, 6) is 0.769. The normalized spacial score (nSPS) is 25.4. The van der Waals surface area contributed by atoms with Crippen LogP contribution in [0.5, 0.6) is 0 Å². The molecule has 1 saturated heterocycles. The van der Waals surface area contributed by atoms with Crippen LogP contribution in [0.4, 0.5) is 0 Å². The molecule has 1 aliphatic carbocycles. The Hall–Kier alpha value is -0.160. The van der Waals surface area contributed by atoms with Crippen LogP contribution in [0.25, 0.3) is 0 Å². The first-order valence-corrected chi connectivity index (χ1v) is 8.03. The van der Waals surface area contributed by atoms with Crippen LogP contribution in [0.1, 0.15) is 48.4 Å². The molecule has 0 aromatic carbocycles. The molecule has 2 fully saturated rings. The van der Waals surface area contributed by atoms with Gasteiger partial charge in [0.15, 0.2) is 0 Å². The number of thiazole rings is 1. The predicted molar refractivity (Wildman–Crippen MR) is 83.3 cm³/mol. The van der Waals surface area contributed by atoms with E-state index in [1.807, 2.05) is 11.3 Å². The molecule has 2 aliphatic rings. The molecule has 1 atom stereocenters. The van der Waals surface area contributed by atoms with E-state index in [0.29, 0.717) is 6.04 Å². The van der Waals surface area contributed by atoms with Crippen LogP contribution in [0.3, 0.4) is 0 Å². The van der Waals surface area contributed by atoms with Gasteiger partial charge in [0, 0.05) is 49.2 Å². The Morgan fingerprint density at radius 2 is 2.21 bits per heavy atom. The quantitative estimate of drug-likeness (QED) is 0.930. The van der Waals surface area contributed by atoms with Crippen LogP contribution in [0.15, 0.2) is 6.20 Å². The van der Waals surface area contributed by atoms with Gasteiger partial charge < -0.3 is 5.32 Å². The predicted octanol–water partition coefficient (Wildman–Crippen LogP) is 3.02. The molecule has 0 unspecified atom stereocenters. The first-order valence-electron chi connectivity index (χ1n) is 7.21. The van der Waals surface area contributed by atoms with E-state index < -0.39 is 0 Å². The highest BCUT2D eigenvalue weighted by atomic mass is 35.5. The molecule has 3 rings (SSSR count). The highest BCUT2D eigenvalue weighted by Gasteiger charge is 2.21.